The molecular formula is C24H23O3P. The van der Waals surface area contributed by atoms with E-state index in [1.54, 1.807) is 0 Å². The molecule has 0 saturated carbocycles. The first-order valence-electron chi connectivity index (χ1n) is 9.14. The molecule has 3 aromatic rings. The van der Waals surface area contributed by atoms with Crippen molar-refractivity contribution in [3.05, 3.63) is 91.0 Å². The average Bonchev–Trinajstić information content (AvgIpc) is 2.73. The van der Waals surface area contributed by atoms with Gasteiger partial charge in [0, 0.05) is 0 Å². The van der Waals surface area contributed by atoms with Gasteiger partial charge in [-0.05, 0) is 0 Å². The Morgan fingerprint density at radius 2 is 0.929 bits per heavy atom. The van der Waals surface area contributed by atoms with Crippen LogP contribution in [0.2, 0.25) is 0 Å². The van der Waals surface area contributed by atoms with Crippen LogP contribution in [-0.4, -0.2) is 23.3 Å². The van der Waals surface area contributed by atoms with Crippen molar-refractivity contribution < 1.29 is 14.4 Å². The number of Topliss-reactive ketones (excluding diaryl/α,β-unsaturated/α-hetero) is 2. The molecule has 0 radical (unpaired) electrons. The van der Waals surface area contributed by atoms with Crippen molar-refractivity contribution in [1.82, 2.24) is 0 Å². The van der Waals surface area contributed by atoms with Gasteiger partial charge >= 0.3 is 165 Å². The fourth-order valence-corrected chi connectivity index (χ4v) is 10.7. The maximum atomic E-state index is 13.4. The molecule has 0 aliphatic rings. The van der Waals surface area contributed by atoms with E-state index < -0.39 is 12.3 Å². The Hall–Kier alpha value is -2.90. The van der Waals surface area contributed by atoms with Crippen molar-refractivity contribution in [2.45, 2.75) is 19.5 Å². The Balaban J connectivity index is 2.67. The van der Waals surface area contributed by atoms with Crippen LogP contribution in [0.1, 0.15) is 13.8 Å². The zero-order valence-electron chi connectivity index (χ0n) is 16.0. The van der Waals surface area contributed by atoms with Gasteiger partial charge in [-0.1, -0.05) is 0 Å². The average molecular weight is 390 g/mol. The second-order valence-electron chi connectivity index (χ2n) is 6.99. The number of rotatable bonds is 7. The quantitative estimate of drug-likeness (QED) is 0.354. The predicted octanol–water partition coefficient (Wildman–Crippen LogP) is 3.25. The molecule has 0 fully saturated rings. The number of hydrogen-bond donors (Lipinski definition) is 0. The zero-order chi connectivity index (χ0) is 20.2. The molecule has 0 aliphatic heterocycles. The standard InChI is InChI=1S/C24H23O3P/c1-19(26)24(20(2)27)28(18-25,21-12-6-3-7-13-21,22-14-8-4-9-15-22)23-16-10-5-11-17-23/h3-18,24H,1-2H3. The van der Waals surface area contributed by atoms with Crippen LogP contribution in [0.5, 0.6) is 0 Å². The predicted molar refractivity (Wildman–Crippen MR) is 117 cm³/mol. The molecule has 0 unspecified atom stereocenters. The summed E-state index contributed by atoms with van der Waals surface area (Å²) in [6, 6.07) is 28.8. The molecule has 0 amide bonds. The summed E-state index contributed by atoms with van der Waals surface area (Å²) in [7, 11) is 0. The van der Waals surface area contributed by atoms with Crippen LogP contribution in [0.15, 0.2) is 91.0 Å². The molecular weight excluding hydrogens is 367 g/mol. The maximum absolute atomic E-state index is 13.4. The van der Waals surface area contributed by atoms with E-state index >= 15 is 0 Å². The number of ketones is 2. The van der Waals surface area contributed by atoms with Gasteiger partial charge in [0.15, 0.2) is 0 Å². The van der Waals surface area contributed by atoms with E-state index in [9.17, 15) is 14.4 Å². The summed E-state index contributed by atoms with van der Waals surface area (Å²) in [5.41, 5.74) is -1.07. The first-order chi connectivity index (χ1) is 13.5. The van der Waals surface area contributed by atoms with Crippen molar-refractivity contribution >= 4 is 40.1 Å². The molecule has 0 spiro atoms. The van der Waals surface area contributed by atoms with Gasteiger partial charge in [-0.25, -0.2) is 0 Å². The van der Waals surface area contributed by atoms with Crippen LogP contribution in [0.3, 0.4) is 0 Å². The molecule has 0 aromatic heterocycles. The van der Waals surface area contributed by atoms with Crippen molar-refractivity contribution in [2.24, 2.45) is 0 Å². The Morgan fingerprint density at radius 1 is 0.643 bits per heavy atom. The van der Waals surface area contributed by atoms with Gasteiger partial charge in [-0.2, -0.15) is 0 Å². The minimum absolute atomic E-state index is 0.297. The summed E-state index contributed by atoms with van der Waals surface area (Å²) >= 11 is 0. The fourth-order valence-electron chi connectivity index (χ4n) is 4.43. The summed E-state index contributed by atoms with van der Waals surface area (Å²) in [6.07, 6.45) is 0. The second kappa shape index (κ2) is 7.61. The van der Waals surface area contributed by atoms with E-state index in [-0.39, 0.29) is 11.6 Å². The van der Waals surface area contributed by atoms with Gasteiger partial charge in [0.2, 0.25) is 0 Å². The molecule has 0 atom stereocenters. The SMILES string of the molecule is CC(=O)C(C(C)=O)P(C=O)(c1ccccc1)(c1ccccc1)c1ccccc1. The van der Waals surface area contributed by atoms with Crippen LogP contribution in [0.4, 0.5) is 0 Å². The van der Waals surface area contributed by atoms with Crippen LogP contribution in [0, 0.1) is 0 Å². The van der Waals surface area contributed by atoms with E-state index in [4.69, 9.17) is 0 Å². The van der Waals surface area contributed by atoms with Crippen molar-refractivity contribution in [2.75, 3.05) is 0 Å². The molecule has 142 valence electrons. The van der Waals surface area contributed by atoms with Gasteiger partial charge in [0.05, 0.1) is 0 Å². The monoisotopic (exact) mass is 390 g/mol. The van der Waals surface area contributed by atoms with Gasteiger partial charge in [-0.15, -0.1) is 0 Å². The molecule has 0 saturated heterocycles. The van der Waals surface area contributed by atoms with E-state index in [0.717, 1.165) is 21.9 Å². The third kappa shape index (κ3) is 2.66. The Bertz CT molecular complexity index is 884. The first kappa shape index (κ1) is 19.9. The van der Waals surface area contributed by atoms with Crippen molar-refractivity contribution in [3.63, 3.8) is 0 Å². The molecule has 0 bridgehead atoms. The number of carbonyl (C=O) groups is 3. The normalized spacial score (nSPS) is 12.8. The van der Waals surface area contributed by atoms with Gasteiger partial charge < -0.3 is 0 Å². The number of carbonyl (C=O) groups excluding carboxylic acids is 3. The van der Waals surface area contributed by atoms with Crippen LogP contribution < -0.4 is 15.9 Å². The molecule has 0 aliphatic carbocycles. The van der Waals surface area contributed by atoms with Gasteiger partial charge in [0.1, 0.15) is 0 Å². The topological polar surface area (TPSA) is 51.2 Å². The van der Waals surface area contributed by atoms with Crippen LogP contribution in [-0.2, 0) is 14.4 Å². The summed E-state index contributed by atoms with van der Waals surface area (Å²) in [4.78, 5) is 39.3. The number of hydrogen-bond acceptors (Lipinski definition) is 3. The Morgan fingerprint density at radius 3 is 1.14 bits per heavy atom. The van der Waals surface area contributed by atoms with Gasteiger partial charge in [-0.3, -0.25) is 0 Å². The van der Waals surface area contributed by atoms with Crippen molar-refractivity contribution in [3.8, 4) is 0 Å². The summed E-state index contributed by atoms with van der Waals surface area (Å²) < 4.78 is 0. The molecule has 3 aromatic carbocycles. The molecule has 0 heterocycles. The second-order valence-corrected chi connectivity index (χ2v) is 11.8. The summed E-state index contributed by atoms with van der Waals surface area (Å²) in [6.45, 7) is -1.29. The zero-order valence-corrected chi connectivity index (χ0v) is 16.9. The van der Waals surface area contributed by atoms with E-state index in [1.807, 2.05) is 91.0 Å². The minimum atomic E-state index is -4.11. The van der Waals surface area contributed by atoms with Crippen LogP contribution in [0.25, 0.3) is 0 Å². The number of benzene rings is 3. The molecule has 3 rings (SSSR count). The van der Waals surface area contributed by atoms with E-state index in [2.05, 4.69) is 0 Å². The third-order valence-corrected chi connectivity index (χ3v) is 11.9. The van der Waals surface area contributed by atoms with E-state index in [0.29, 0.717) is 0 Å². The Kier molecular flexibility index (Phi) is 5.40. The summed E-state index contributed by atoms with van der Waals surface area (Å²) in [5.74, 6) is -0.595. The van der Waals surface area contributed by atoms with Gasteiger partial charge in [0.25, 0.3) is 0 Å². The van der Waals surface area contributed by atoms with E-state index in [1.165, 1.54) is 13.8 Å². The fraction of sp³-hybridized carbons (Fsp3) is 0.125. The summed E-state index contributed by atoms with van der Waals surface area (Å²) in [5, 5.41) is 2.16. The molecule has 4 heteroatoms. The molecule has 3 nitrogen and oxygen atoms in total. The first-order valence-corrected chi connectivity index (χ1v) is 11.5. The molecule has 0 N–H and O–H groups in total. The Labute approximate surface area is 165 Å². The van der Waals surface area contributed by atoms with Crippen molar-refractivity contribution in [1.29, 1.82) is 0 Å². The van der Waals surface area contributed by atoms with Crippen LogP contribution >= 0.6 is 6.60 Å². The third-order valence-electron chi connectivity index (χ3n) is 5.46. The molecule has 28 heavy (non-hydrogen) atoms.